The minimum Gasteiger partial charge on any atom is -0.419 e. The average molecular weight is 353 g/mol. The van der Waals surface area contributed by atoms with E-state index in [1.54, 1.807) is 0 Å². The fraction of sp³-hybridized carbons (Fsp3) is 0.130. The van der Waals surface area contributed by atoms with Crippen LogP contribution in [0.2, 0.25) is 0 Å². The molecule has 1 aromatic heterocycles. The van der Waals surface area contributed by atoms with Crippen LogP contribution in [-0.2, 0) is 6.42 Å². The molecular weight excluding hydrogens is 334 g/mol. The van der Waals surface area contributed by atoms with Crippen molar-refractivity contribution < 1.29 is 4.42 Å². The standard InChI is InChI=1S/C23H19N3O/c1-16-9-11-19(12-10-16)22-26-21(15-24)23(27-22)25-14-13-18-7-4-6-17-5-2-3-8-20(17)18/h2-12,25H,13-14H2,1H3. The Morgan fingerprint density at radius 1 is 1.00 bits per heavy atom. The Bertz CT molecular complexity index is 1120. The molecule has 1 heterocycles. The number of nitrogens with one attached hydrogen (secondary N) is 1. The predicted octanol–water partition coefficient (Wildman–Crippen LogP) is 5.33. The van der Waals surface area contributed by atoms with Gasteiger partial charge >= 0.3 is 0 Å². The number of benzene rings is 3. The van der Waals surface area contributed by atoms with Crippen molar-refractivity contribution in [3.63, 3.8) is 0 Å². The number of fused-ring (bicyclic) bond motifs is 1. The molecule has 4 nitrogen and oxygen atoms in total. The van der Waals surface area contributed by atoms with E-state index in [1.165, 1.54) is 21.9 Å². The Balaban J connectivity index is 1.51. The van der Waals surface area contributed by atoms with Gasteiger partial charge in [-0.3, -0.25) is 0 Å². The van der Waals surface area contributed by atoms with Gasteiger partial charge in [-0.2, -0.15) is 10.2 Å². The molecule has 132 valence electrons. The molecule has 0 spiro atoms. The van der Waals surface area contributed by atoms with Crippen LogP contribution in [0.1, 0.15) is 16.8 Å². The lowest BCUT2D eigenvalue weighted by Crippen LogP contribution is -2.05. The molecular formula is C23H19N3O. The highest BCUT2D eigenvalue weighted by Crippen LogP contribution is 2.26. The van der Waals surface area contributed by atoms with E-state index in [-0.39, 0.29) is 5.69 Å². The number of nitriles is 1. The first-order valence-electron chi connectivity index (χ1n) is 8.93. The van der Waals surface area contributed by atoms with Crippen LogP contribution in [0, 0.1) is 18.3 Å². The predicted molar refractivity (Wildman–Crippen MR) is 108 cm³/mol. The van der Waals surface area contributed by atoms with Gasteiger partial charge in [0.25, 0.3) is 0 Å². The van der Waals surface area contributed by atoms with Gasteiger partial charge in [-0.15, -0.1) is 0 Å². The average Bonchev–Trinajstić information content (AvgIpc) is 3.12. The number of aryl methyl sites for hydroxylation is 1. The molecule has 4 aromatic rings. The first-order valence-corrected chi connectivity index (χ1v) is 8.93. The highest BCUT2D eigenvalue weighted by Gasteiger charge is 2.14. The van der Waals surface area contributed by atoms with Crippen LogP contribution >= 0.6 is 0 Å². The molecule has 3 aromatic carbocycles. The zero-order valence-electron chi connectivity index (χ0n) is 15.1. The Kier molecular flexibility index (Phi) is 4.59. The van der Waals surface area contributed by atoms with E-state index >= 15 is 0 Å². The third kappa shape index (κ3) is 3.54. The summed E-state index contributed by atoms with van der Waals surface area (Å²) < 4.78 is 5.81. The molecule has 0 saturated carbocycles. The van der Waals surface area contributed by atoms with Crippen molar-refractivity contribution in [1.82, 2.24) is 4.98 Å². The maximum absolute atomic E-state index is 9.37. The molecule has 0 unspecified atom stereocenters. The van der Waals surface area contributed by atoms with E-state index in [4.69, 9.17) is 4.42 Å². The lowest BCUT2D eigenvalue weighted by molar-refractivity contribution is 0.585. The van der Waals surface area contributed by atoms with Crippen molar-refractivity contribution >= 4 is 16.7 Å². The first kappa shape index (κ1) is 16.9. The number of nitrogens with zero attached hydrogens (tertiary/aromatic N) is 2. The van der Waals surface area contributed by atoms with Gasteiger partial charge in [-0.1, -0.05) is 60.2 Å². The van der Waals surface area contributed by atoms with Crippen LogP contribution < -0.4 is 5.32 Å². The molecule has 4 rings (SSSR count). The summed E-state index contributed by atoms with van der Waals surface area (Å²) in [6.07, 6.45) is 0.826. The Labute approximate surface area is 158 Å². The molecule has 0 fully saturated rings. The molecule has 0 bridgehead atoms. The molecule has 0 atom stereocenters. The molecule has 1 N–H and O–H groups in total. The summed E-state index contributed by atoms with van der Waals surface area (Å²) in [7, 11) is 0. The van der Waals surface area contributed by atoms with Crippen molar-refractivity contribution in [2.24, 2.45) is 0 Å². The molecule has 0 amide bonds. The van der Waals surface area contributed by atoms with Gasteiger partial charge < -0.3 is 9.73 Å². The molecule has 0 radical (unpaired) electrons. The van der Waals surface area contributed by atoms with Crippen LogP contribution in [-0.4, -0.2) is 11.5 Å². The van der Waals surface area contributed by atoms with Crippen molar-refractivity contribution in [2.75, 3.05) is 11.9 Å². The van der Waals surface area contributed by atoms with E-state index < -0.39 is 0 Å². The smallest absolute Gasteiger partial charge is 0.232 e. The second-order valence-electron chi connectivity index (χ2n) is 6.49. The summed E-state index contributed by atoms with van der Waals surface area (Å²) in [5, 5.41) is 15.1. The van der Waals surface area contributed by atoms with Crippen molar-refractivity contribution in [2.45, 2.75) is 13.3 Å². The van der Waals surface area contributed by atoms with Crippen molar-refractivity contribution in [1.29, 1.82) is 5.26 Å². The minimum absolute atomic E-state index is 0.281. The summed E-state index contributed by atoms with van der Waals surface area (Å²) in [6, 6.07) is 24.7. The number of rotatable bonds is 5. The molecule has 4 heteroatoms. The largest absolute Gasteiger partial charge is 0.419 e. The van der Waals surface area contributed by atoms with Crippen LogP contribution in [0.3, 0.4) is 0 Å². The summed E-state index contributed by atoms with van der Waals surface area (Å²) in [5.74, 6) is 0.882. The van der Waals surface area contributed by atoms with E-state index in [9.17, 15) is 5.26 Å². The van der Waals surface area contributed by atoms with Gasteiger partial charge in [-0.25, -0.2) is 0 Å². The topological polar surface area (TPSA) is 61.9 Å². The molecule has 27 heavy (non-hydrogen) atoms. The lowest BCUT2D eigenvalue weighted by Gasteiger charge is -2.07. The number of anilines is 1. The van der Waals surface area contributed by atoms with Crippen molar-refractivity contribution in [3.05, 3.63) is 83.6 Å². The van der Waals surface area contributed by atoms with Crippen LogP contribution in [0.5, 0.6) is 0 Å². The highest BCUT2D eigenvalue weighted by atomic mass is 16.4. The fourth-order valence-corrected chi connectivity index (χ4v) is 3.16. The fourth-order valence-electron chi connectivity index (χ4n) is 3.16. The van der Waals surface area contributed by atoms with E-state index in [0.717, 1.165) is 12.0 Å². The zero-order valence-corrected chi connectivity index (χ0v) is 15.1. The Morgan fingerprint density at radius 3 is 2.59 bits per heavy atom. The third-order valence-electron chi connectivity index (χ3n) is 4.59. The van der Waals surface area contributed by atoms with E-state index in [0.29, 0.717) is 18.3 Å². The Hall–Kier alpha value is -3.58. The normalized spacial score (nSPS) is 10.7. The molecule has 0 saturated heterocycles. The second kappa shape index (κ2) is 7.35. The van der Waals surface area contributed by atoms with Gasteiger partial charge in [0.05, 0.1) is 0 Å². The maximum atomic E-state index is 9.37. The summed E-state index contributed by atoms with van der Waals surface area (Å²) >= 11 is 0. The molecule has 0 aliphatic carbocycles. The summed E-state index contributed by atoms with van der Waals surface area (Å²) in [4.78, 5) is 4.31. The van der Waals surface area contributed by atoms with E-state index in [1.807, 2.05) is 37.3 Å². The SMILES string of the molecule is Cc1ccc(-c2nc(C#N)c(NCCc3cccc4ccccc34)o2)cc1. The quantitative estimate of drug-likeness (QED) is 0.527. The van der Waals surface area contributed by atoms with E-state index in [2.05, 4.69) is 52.8 Å². The van der Waals surface area contributed by atoms with Crippen LogP contribution in [0.15, 0.2) is 71.1 Å². The number of hydrogen-bond acceptors (Lipinski definition) is 4. The number of oxazole rings is 1. The molecule has 0 aliphatic rings. The third-order valence-corrected chi connectivity index (χ3v) is 4.59. The van der Waals surface area contributed by atoms with Gasteiger partial charge in [0.2, 0.25) is 17.5 Å². The van der Waals surface area contributed by atoms with Gasteiger partial charge in [0.15, 0.2) is 0 Å². The maximum Gasteiger partial charge on any atom is 0.232 e. The first-order chi connectivity index (χ1) is 13.2. The molecule has 0 aliphatic heterocycles. The van der Waals surface area contributed by atoms with Gasteiger partial charge in [0.1, 0.15) is 6.07 Å². The van der Waals surface area contributed by atoms with Crippen LogP contribution in [0.25, 0.3) is 22.2 Å². The number of aromatic nitrogens is 1. The van der Waals surface area contributed by atoms with Gasteiger partial charge in [0, 0.05) is 12.1 Å². The monoisotopic (exact) mass is 353 g/mol. The summed E-state index contributed by atoms with van der Waals surface area (Å²) in [6.45, 7) is 2.69. The second-order valence-corrected chi connectivity index (χ2v) is 6.49. The zero-order chi connectivity index (χ0) is 18.6. The Morgan fingerprint density at radius 2 is 1.78 bits per heavy atom. The minimum atomic E-state index is 0.281. The van der Waals surface area contributed by atoms with Crippen LogP contribution in [0.4, 0.5) is 5.88 Å². The summed E-state index contributed by atoms with van der Waals surface area (Å²) in [5.41, 5.74) is 3.57. The van der Waals surface area contributed by atoms with Crippen molar-refractivity contribution in [3.8, 4) is 17.5 Å². The lowest BCUT2D eigenvalue weighted by atomic mass is 10.0. The number of hydrogen-bond donors (Lipinski definition) is 1. The van der Waals surface area contributed by atoms with Gasteiger partial charge in [-0.05, 0) is 41.8 Å². The highest BCUT2D eigenvalue weighted by molar-refractivity contribution is 5.85.